The van der Waals surface area contributed by atoms with Gasteiger partial charge in [-0.15, -0.1) is 0 Å². The number of hydrogen-bond acceptors (Lipinski definition) is 1. The zero-order valence-corrected chi connectivity index (χ0v) is 11.8. The Morgan fingerprint density at radius 1 is 0.667 bits per heavy atom. The standard InChI is InChI=1S/C16H30O.Li.H/c1-3-5-7-9-11-13-15-17-16-14-12-10-8-6-4-2;;/h13-16H,3-12H2,1-2H3;;. The zero-order chi connectivity index (χ0) is 12.6. The van der Waals surface area contributed by atoms with Crippen molar-refractivity contribution in [2.75, 3.05) is 0 Å². The Labute approximate surface area is 126 Å². The summed E-state index contributed by atoms with van der Waals surface area (Å²) in [6.07, 6.45) is 20.7. The molecule has 0 radical (unpaired) electrons. The van der Waals surface area contributed by atoms with Crippen LogP contribution in [0, 0.1) is 0 Å². The van der Waals surface area contributed by atoms with Gasteiger partial charge < -0.3 is 4.74 Å². The summed E-state index contributed by atoms with van der Waals surface area (Å²) in [5.74, 6) is 0. The molecule has 0 aliphatic heterocycles. The minimum absolute atomic E-state index is 0. The van der Waals surface area contributed by atoms with Crippen LogP contribution in [0.3, 0.4) is 0 Å². The predicted octanol–water partition coefficient (Wildman–Crippen LogP) is 5.32. The number of hydrogen-bond donors (Lipinski definition) is 0. The van der Waals surface area contributed by atoms with Crippen molar-refractivity contribution in [3.8, 4) is 0 Å². The van der Waals surface area contributed by atoms with Crippen LogP contribution in [-0.2, 0) is 4.74 Å². The van der Waals surface area contributed by atoms with Crippen molar-refractivity contribution in [1.29, 1.82) is 0 Å². The molecule has 18 heavy (non-hydrogen) atoms. The van der Waals surface area contributed by atoms with Crippen molar-refractivity contribution in [2.24, 2.45) is 0 Å². The molecule has 0 aromatic rings. The fraction of sp³-hybridized carbons (Fsp3) is 0.750. The Kier molecular flexibility index (Phi) is 21.6. The molecule has 0 fully saturated rings. The molecule has 0 heterocycles. The maximum atomic E-state index is 5.29. The van der Waals surface area contributed by atoms with Gasteiger partial charge in [-0.3, -0.25) is 0 Å². The van der Waals surface area contributed by atoms with Crippen LogP contribution >= 0.6 is 0 Å². The predicted molar refractivity (Wildman–Crippen MR) is 84.0 cm³/mol. The second kappa shape index (κ2) is 19.2. The molecule has 0 amide bonds. The maximum absolute atomic E-state index is 5.29. The average molecular weight is 246 g/mol. The van der Waals surface area contributed by atoms with Gasteiger partial charge in [-0.25, -0.2) is 0 Å². The topological polar surface area (TPSA) is 9.23 Å². The number of unbranched alkanes of at least 4 members (excludes halogenated alkanes) is 8. The first-order chi connectivity index (χ1) is 8.41. The van der Waals surface area contributed by atoms with Gasteiger partial charge in [-0.2, -0.15) is 0 Å². The van der Waals surface area contributed by atoms with E-state index in [1.54, 1.807) is 0 Å². The molecule has 0 aliphatic carbocycles. The first-order valence-electron chi connectivity index (χ1n) is 7.37. The van der Waals surface area contributed by atoms with E-state index in [1.165, 1.54) is 51.4 Å². The molecule has 102 valence electrons. The van der Waals surface area contributed by atoms with Crippen LogP contribution in [0.1, 0.15) is 78.1 Å². The van der Waals surface area contributed by atoms with E-state index in [9.17, 15) is 0 Å². The molecule has 0 bridgehead atoms. The van der Waals surface area contributed by atoms with E-state index < -0.39 is 0 Å². The molecular weight excluding hydrogens is 215 g/mol. The van der Waals surface area contributed by atoms with E-state index in [2.05, 4.69) is 26.0 Å². The zero-order valence-electron chi connectivity index (χ0n) is 11.8. The molecule has 1 nitrogen and oxygen atoms in total. The number of allylic oxidation sites excluding steroid dienone is 2. The van der Waals surface area contributed by atoms with Crippen LogP contribution in [0.25, 0.3) is 0 Å². The van der Waals surface area contributed by atoms with Gasteiger partial charge in [0.2, 0.25) is 0 Å². The molecule has 0 aromatic heterocycles. The third kappa shape index (κ3) is 18.2. The molecule has 0 spiro atoms. The van der Waals surface area contributed by atoms with E-state index in [0.717, 1.165) is 12.8 Å². The van der Waals surface area contributed by atoms with Crippen molar-refractivity contribution in [3.63, 3.8) is 0 Å². The quantitative estimate of drug-likeness (QED) is 0.257. The molecule has 0 aliphatic rings. The normalized spacial score (nSPS) is 11.0. The van der Waals surface area contributed by atoms with Gasteiger partial charge in [0.05, 0.1) is 12.5 Å². The molecule has 0 N–H and O–H groups in total. The fourth-order valence-corrected chi connectivity index (χ4v) is 1.67. The minimum atomic E-state index is 0. The van der Waals surface area contributed by atoms with Gasteiger partial charge >= 0.3 is 18.9 Å². The Morgan fingerprint density at radius 3 is 1.50 bits per heavy atom. The van der Waals surface area contributed by atoms with Gasteiger partial charge in [-0.1, -0.05) is 52.4 Å². The summed E-state index contributed by atoms with van der Waals surface area (Å²) in [6.45, 7) is 4.48. The van der Waals surface area contributed by atoms with Crippen molar-refractivity contribution >= 4 is 18.9 Å². The second-order valence-corrected chi connectivity index (χ2v) is 4.58. The van der Waals surface area contributed by atoms with Crippen molar-refractivity contribution < 1.29 is 4.74 Å². The molecular formula is C16H31LiO. The SMILES string of the molecule is CCCCCCC=COC=CCCCCCC.[LiH]. The summed E-state index contributed by atoms with van der Waals surface area (Å²) in [5, 5.41) is 0. The van der Waals surface area contributed by atoms with Gasteiger partial charge in [0.25, 0.3) is 0 Å². The summed E-state index contributed by atoms with van der Waals surface area (Å²) in [6, 6.07) is 0. The van der Waals surface area contributed by atoms with E-state index >= 15 is 0 Å². The molecule has 2 heteroatoms. The molecule has 0 saturated carbocycles. The van der Waals surface area contributed by atoms with E-state index in [0.29, 0.717) is 0 Å². The summed E-state index contributed by atoms with van der Waals surface area (Å²) >= 11 is 0. The second-order valence-electron chi connectivity index (χ2n) is 4.58. The van der Waals surface area contributed by atoms with Crippen LogP contribution in [0.4, 0.5) is 0 Å². The summed E-state index contributed by atoms with van der Waals surface area (Å²) in [4.78, 5) is 0. The van der Waals surface area contributed by atoms with Gasteiger partial charge in [0.1, 0.15) is 0 Å². The number of ether oxygens (including phenoxy) is 1. The Morgan fingerprint density at radius 2 is 1.11 bits per heavy atom. The van der Waals surface area contributed by atoms with Crippen LogP contribution in [0.2, 0.25) is 0 Å². The van der Waals surface area contributed by atoms with Crippen LogP contribution < -0.4 is 0 Å². The Hall–Kier alpha value is -0.123. The first-order valence-corrected chi connectivity index (χ1v) is 7.37. The summed E-state index contributed by atoms with van der Waals surface area (Å²) < 4.78 is 5.29. The Bertz CT molecular complexity index is 168. The van der Waals surface area contributed by atoms with E-state index in [4.69, 9.17) is 4.74 Å². The van der Waals surface area contributed by atoms with Crippen molar-refractivity contribution in [1.82, 2.24) is 0 Å². The molecule has 0 saturated heterocycles. The van der Waals surface area contributed by atoms with Crippen molar-refractivity contribution in [2.45, 2.75) is 78.1 Å². The third-order valence-electron chi connectivity index (χ3n) is 2.80. The third-order valence-corrected chi connectivity index (χ3v) is 2.80. The first kappa shape index (κ1) is 20.2. The van der Waals surface area contributed by atoms with Crippen molar-refractivity contribution in [3.05, 3.63) is 24.7 Å². The van der Waals surface area contributed by atoms with Crippen LogP contribution in [0.5, 0.6) is 0 Å². The van der Waals surface area contributed by atoms with E-state index in [-0.39, 0.29) is 18.9 Å². The molecule has 0 rings (SSSR count). The monoisotopic (exact) mass is 246 g/mol. The summed E-state index contributed by atoms with van der Waals surface area (Å²) in [7, 11) is 0. The average Bonchev–Trinajstić information content (AvgIpc) is 2.35. The van der Waals surface area contributed by atoms with Gasteiger partial charge in [0, 0.05) is 0 Å². The van der Waals surface area contributed by atoms with Gasteiger partial charge in [0.15, 0.2) is 0 Å². The molecule has 0 aromatic carbocycles. The number of rotatable bonds is 12. The van der Waals surface area contributed by atoms with Gasteiger partial charge in [-0.05, 0) is 37.8 Å². The van der Waals surface area contributed by atoms with Crippen LogP contribution in [0.15, 0.2) is 24.7 Å². The van der Waals surface area contributed by atoms with Crippen LogP contribution in [-0.4, -0.2) is 18.9 Å². The molecule has 0 unspecified atom stereocenters. The Balaban J connectivity index is 0. The fourth-order valence-electron chi connectivity index (χ4n) is 1.67. The molecule has 0 atom stereocenters. The summed E-state index contributed by atoms with van der Waals surface area (Å²) in [5.41, 5.74) is 0. The van der Waals surface area contributed by atoms with E-state index in [1.807, 2.05) is 12.5 Å².